The highest BCUT2D eigenvalue weighted by Crippen LogP contribution is 2.45. The summed E-state index contributed by atoms with van der Waals surface area (Å²) in [6.07, 6.45) is 48.6. The highest BCUT2D eigenvalue weighted by Gasteiger charge is 2.30. The third-order valence-electron chi connectivity index (χ3n) is 15.6. The Morgan fingerprint density at radius 1 is 0.279 bits per heavy atom. The molecule has 0 heterocycles. The maximum absolute atomic E-state index is 13.0. The Hall–Kier alpha value is -1.94. The maximum atomic E-state index is 13.0. The van der Waals surface area contributed by atoms with Gasteiger partial charge in [0, 0.05) is 25.7 Å². The number of phosphoric acid groups is 2. The average Bonchev–Trinajstić information content (AvgIpc) is 3.56. The lowest BCUT2D eigenvalue weighted by Gasteiger charge is -2.21. The summed E-state index contributed by atoms with van der Waals surface area (Å²) in [5.41, 5.74) is 0. The largest absolute Gasteiger partial charge is 0.472 e. The Bertz CT molecular complexity index is 1650. The maximum Gasteiger partial charge on any atom is 0.472 e. The van der Waals surface area contributed by atoms with Gasteiger partial charge in [0.05, 0.1) is 26.4 Å². The van der Waals surface area contributed by atoms with E-state index >= 15 is 0 Å². The molecule has 0 aliphatic heterocycles. The second-order valence-corrected chi connectivity index (χ2v) is 27.1. The van der Waals surface area contributed by atoms with Crippen molar-refractivity contribution in [3.05, 3.63) is 0 Å². The Morgan fingerprint density at radius 3 is 0.686 bits per heavy atom. The number of carbonyl (C=O) groups is 4. The van der Waals surface area contributed by atoms with Crippen LogP contribution in [0.25, 0.3) is 0 Å². The number of rotatable bonds is 68. The molecule has 0 aromatic heterocycles. The summed E-state index contributed by atoms with van der Waals surface area (Å²) in [7, 11) is -9.88. The number of unbranched alkanes of at least 4 members (excludes halogenated alkanes) is 42. The molecule has 0 saturated heterocycles. The van der Waals surface area contributed by atoms with E-state index in [1.807, 2.05) is 0 Å². The molecule has 19 heteroatoms. The van der Waals surface area contributed by atoms with Gasteiger partial charge in [0.25, 0.3) is 0 Å². The number of aliphatic hydroxyl groups excluding tert-OH is 1. The molecule has 2 unspecified atom stereocenters. The van der Waals surface area contributed by atoms with Gasteiger partial charge in [-0.25, -0.2) is 9.13 Å². The summed E-state index contributed by atoms with van der Waals surface area (Å²) in [6.45, 7) is 4.88. The fourth-order valence-corrected chi connectivity index (χ4v) is 11.7. The third kappa shape index (κ3) is 60.9. The predicted molar refractivity (Wildman–Crippen MR) is 345 cm³/mol. The van der Waals surface area contributed by atoms with E-state index in [0.717, 1.165) is 96.3 Å². The van der Waals surface area contributed by atoms with Crippen LogP contribution in [0.4, 0.5) is 0 Å². The molecule has 0 radical (unpaired) electrons. The number of carbonyl (C=O) groups excluding carboxylic acids is 4. The number of esters is 4. The van der Waals surface area contributed by atoms with Gasteiger partial charge >= 0.3 is 39.5 Å². The van der Waals surface area contributed by atoms with Gasteiger partial charge < -0.3 is 33.8 Å². The molecule has 3 N–H and O–H groups in total. The molecular weight excluding hydrogens is 1140 g/mol. The first-order valence-corrected chi connectivity index (χ1v) is 38.3. The lowest BCUT2D eigenvalue weighted by atomic mass is 10.0. The zero-order valence-corrected chi connectivity index (χ0v) is 57.1. The summed E-state index contributed by atoms with van der Waals surface area (Å²) in [6, 6.07) is 0. The van der Waals surface area contributed by atoms with Crippen molar-refractivity contribution in [3.8, 4) is 0 Å². The van der Waals surface area contributed by atoms with Crippen molar-refractivity contribution in [2.24, 2.45) is 0 Å². The van der Waals surface area contributed by atoms with Gasteiger partial charge in [0.1, 0.15) is 19.3 Å². The van der Waals surface area contributed by atoms with E-state index in [1.165, 1.54) is 173 Å². The third-order valence-corrected chi connectivity index (χ3v) is 17.5. The van der Waals surface area contributed by atoms with Crippen molar-refractivity contribution in [1.82, 2.24) is 0 Å². The normalized spacial score (nSPS) is 14.1. The van der Waals surface area contributed by atoms with Crippen LogP contribution in [-0.2, 0) is 65.4 Å². The molecule has 17 nitrogen and oxygen atoms in total. The molecular formula is C67H130O17P2. The molecule has 510 valence electrons. The van der Waals surface area contributed by atoms with Crippen molar-refractivity contribution in [2.45, 2.75) is 367 Å². The van der Waals surface area contributed by atoms with Crippen molar-refractivity contribution in [2.75, 3.05) is 39.6 Å². The van der Waals surface area contributed by atoms with Crippen LogP contribution < -0.4 is 0 Å². The zero-order chi connectivity index (χ0) is 63.3. The van der Waals surface area contributed by atoms with Crippen molar-refractivity contribution >= 4 is 39.5 Å². The molecule has 0 fully saturated rings. The van der Waals surface area contributed by atoms with E-state index in [1.54, 1.807) is 0 Å². The molecule has 0 amide bonds. The number of aliphatic hydroxyl groups is 1. The van der Waals surface area contributed by atoms with Gasteiger partial charge in [-0.15, -0.1) is 0 Å². The summed E-state index contributed by atoms with van der Waals surface area (Å²) in [4.78, 5) is 72.2. The Labute approximate surface area is 524 Å². The highest BCUT2D eigenvalue weighted by atomic mass is 31.2. The SMILES string of the molecule is CCCCCCCCCCCCCCCCCCCCC(=O)O[C@H](COC(=O)CCCCCCCCCCCCC)COP(=O)(O)OC[C@@H](O)COP(=O)(O)OC[C@@H](COC(=O)CCCCCCCCCC)OC(=O)CCCCCCCCCCC. The van der Waals surface area contributed by atoms with Gasteiger partial charge in [0.2, 0.25) is 0 Å². The van der Waals surface area contributed by atoms with Gasteiger partial charge in [-0.2, -0.15) is 0 Å². The summed E-state index contributed by atoms with van der Waals surface area (Å²) in [5.74, 6) is -2.13. The van der Waals surface area contributed by atoms with E-state index in [9.17, 15) is 43.2 Å². The number of hydrogen-bond donors (Lipinski definition) is 3. The minimum Gasteiger partial charge on any atom is -0.462 e. The van der Waals surface area contributed by atoms with Crippen molar-refractivity contribution in [3.63, 3.8) is 0 Å². The second kappa shape index (κ2) is 61.9. The van der Waals surface area contributed by atoms with Gasteiger partial charge in [0.15, 0.2) is 12.2 Å². The van der Waals surface area contributed by atoms with E-state index in [2.05, 4.69) is 27.7 Å². The lowest BCUT2D eigenvalue weighted by Crippen LogP contribution is -2.30. The number of ether oxygens (including phenoxy) is 4. The predicted octanol–water partition coefficient (Wildman–Crippen LogP) is 19.1. The van der Waals surface area contributed by atoms with Crippen molar-refractivity contribution < 1.29 is 80.2 Å². The first-order valence-electron chi connectivity index (χ1n) is 35.3. The van der Waals surface area contributed by atoms with E-state index in [0.29, 0.717) is 25.7 Å². The average molecular weight is 1270 g/mol. The fourth-order valence-electron chi connectivity index (χ4n) is 10.2. The molecule has 0 aliphatic rings. The van der Waals surface area contributed by atoms with E-state index < -0.39 is 97.5 Å². The van der Waals surface area contributed by atoms with Crippen LogP contribution in [0.2, 0.25) is 0 Å². The number of phosphoric ester groups is 2. The quantitative estimate of drug-likeness (QED) is 0.0222. The highest BCUT2D eigenvalue weighted by molar-refractivity contribution is 7.47. The fraction of sp³-hybridized carbons (Fsp3) is 0.940. The topological polar surface area (TPSA) is 237 Å². The summed E-state index contributed by atoms with van der Waals surface area (Å²) >= 11 is 0. The minimum atomic E-state index is -4.95. The minimum absolute atomic E-state index is 0.106. The van der Waals surface area contributed by atoms with Gasteiger partial charge in [-0.1, -0.05) is 297 Å². The van der Waals surface area contributed by atoms with Crippen molar-refractivity contribution in [1.29, 1.82) is 0 Å². The zero-order valence-electron chi connectivity index (χ0n) is 55.3. The molecule has 0 aromatic rings. The molecule has 0 saturated carbocycles. The first kappa shape index (κ1) is 84.1. The van der Waals surface area contributed by atoms with Crippen LogP contribution >= 0.6 is 15.6 Å². The van der Waals surface area contributed by atoms with Crippen LogP contribution in [-0.4, -0.2) is 96.7 Å². The second-order valence-electron chi connectivity index (χ2n) is 24.2. The molecule has 5 atom stereocenters. The number of hydrogen-bond acceptors (Lipinski definition) is 15. The molecule has 86 heavy (non-hydrogen) atoms. The van der Waals surface area contributed by atoms with Gasteiger partial charge in [-0.3, -0.25) is 37.3 Å². The Morgan fingerprint density at radius 2 is 0.465 bits per heavy atom. The van der Waals surface area contributed by atoms with Crippen LogP contribution in [0.1, 0.15) is 349 Å². The standard InChI is InChI=1S/C67H130O17P2/c1-5-9-13-17-21-25-27-28-29-30-31-32-33-35-38-42-46-50-54-67(72)84-63(58-78-65(70)52-48-44-40-37-34-26-22-18-14-10-6-2)60-82-86(75,76)80-56-61(68)55-79-85(73,74)81-59-62(57-77-64(69)51-47-43-39-24-20-16-12-8-4)83-66(71)53-49-45-41-36-23-19-15-11-7-3/h61-63,68H,5-60H2,1-4H3,(H,73,74)(H,75,76)/t61-,62+,63+/m0/s1. The molecule has 0 bridgehead atoms. The lowest BCUT2D eigenvalue weighted by molar-refractivity contribution is -0.161. The monoisotopic (exact) mass is 1270 g/mol. The van der Waals surface area contributed by atoms with Crippen LogP contribution in [0.3, 0.4) is 0 Å². The smallest absolute Gasteiger partial charge is 0.462 e. The molecule has 0 spiro atoms. The first-order chi connectivity index (χ1) is 41.7. The molecule has 0 rings (SSSR count). The van der Waals surface area contributed by atoms with E-state index in [-0.39, 0.29) is 25.7 Å². The summed E-state index contributed by atoms with van der Waals surface area (Å²) < 4.78 is 68.0. The Kier molecular flexibility index (Phi) is 60.5. The van der Waals surface area contributed by atoms with Gasteiger partial charge in [-0.05, 0) is 25.7 Å². The Balaban J connectivity index is 5.17. The molecule has 0 aliphatic carbocycles. The summed E-state index contributed by atoms with van der Waals surface area (Å²) in [5, 5.41) is 10.5. The van der Waals surface area contributed by atoms with E-state index in [4.69, 9.17) is 37.0 Å². The van der Waals surface area contributed by atoms with Crippen LogP contribution in [0, 0.1) is 0 Å². The molecule has 0 aromatic carbocycles. The van der Waals surface area contributed by atoms with Crippen LogP contribution in [0.5, 0.6) is 0 Å². The van der Waals surface area contributed by atoms with Crippen LogP contribution in [0.15, 0.2) is 0 Å².